The maximum atomic E-state index is 10.4. The molecule has 114 valence electrons. The molecule has 21 heavy (non-hydrogen) atoms. The fraction of sp³-hybridized carbons (Fsp3) is 0.471. The quantitative estimate of drug-likeness (QED) is 0.911. The first-order valence-corrected chi connectivity index (χ1v) is 7.71. The van der Waals surface area contributed by atoms with Gasteiger partial charge in [-0.15, -0.1) is 0 Å². The lowest BCUT2D eigenvalue weighted by Gasteiger charge is -2.13. The highest BCUT2D eigenvalue weighted by molar-refractivity contribution is 6.31. The monoisotopic (exact) mass is 306 g/mol. The van der Waals surface area contributed by atoms with Gasteiger partial charge in [-0.05, 0) is 30.4 Å². The fourth-order valence-electron chi connectivity index (χ4n) is 2.55. The van der Waals surface area contributed by atoms with E-state index < -0.39 is 6.10 Å². The van der Waals surface area contributed by atoms with Crippen molar-refractivity contribution in [3.05, 3.63) is 51.8 Å². The normalized spacial score (nSPS) is 12.9. The number of benzene rings is 1. The molecule has 1 heterocycles. The summed E-state index contributed by atoms with van der Waals surface area (Å²) in [6, 6.07) is 8.18. The summed E-state index contributed by atoms with van der Waals surface area (Å²) in [4.78, 5) is 0. The first kappa shape index (κ1) is 16.1. The minimum atomic E-state index is -0.564. The Kier molecular flexibility index (Phi) is 5.07. The van der Waals surface area contributed by atoms with Crippen molar-refractivity contribution in [3.8, 4) is 0 Å². The van der Waals surface area contributed by atoms with Crippen LogP contribution in [0.25, 0.3) is 0 Å². The van der Waals surface area contributed by atoms with Crippen LogP contribution in [-0.4, -0.2) is 14.9 Å². The third-order valence-electron chi connectivity index (χ3n) is 3.66. The number of aliphatic hydroxyl groups is 1. The summed E-state index contributed by atoms with van der Waals surface area (Å²) < 4.78 is 1.74. The lowest BCUT2D eigenvalue weighted by atomic mass is 9.99. The molecule has 0 aliphatic rings. The second-order valence-corrected chi connectivity index (χ2v) is 6.41. The lowest BCUT2D eigenvalue weighted by molar-refractivity contribution is 0.176. The van der Waals surface area contributed by atoms with Gasteiger partial charge in [-0.25, -0.2) is 0 Å². The Hall–Kier alpha value is -1.32. The number of hydrogen-bond acceptors (Lipinski definition) is 2. The Morgan fingerprint density at radius 1 is 1.19 bits per heavy atom. The van der Waals surface area contributed by atoms with Crippen LogP contribution in [0.2, 0.25) is 5.02 Å². The molecule has 0 amide bonds. The molecule has 0 radical (unpaired) electrons. The largest absolute Gasteiger partial charge is 0.388 e. The van der Waals surface area contributed by atoms with Crippen molar-refractivity contribution >= 4 is 11.6 Å². The van der Waals surface area contributed by atoms with Gasteiger partial charge >= 0.3 is 0 Å². The summed E-state index contributed by atoms with van der Waals surface area (Å²) in [5.41, 5.74) is 3.88. The van der Waals surface area contributed by atoms with Gasteiger partial charge in [0.1, 0.15) is 0 Å². The van der Waals surface area contributed by atoms with Gasteiger partial charge in [-0.3, -0.25) is 4.68 Å². The predicted octanol–water partition coefficient (Wildman–Crippen LogP) is 3.86. The smallest absolute Gasteiger partial charge is 0.0848 e. The molecular formula is C17H23ClN2O. The van der Waals surface area contributed by atoms with Gasteiger partial charge in [-0.2, -0.15) is 5.10 Å². The molecule has 3 nitrogen and oxygen atoms in total. The molecule has 0 saturated carbocycles. The summed E-state index contributed by atoms with van der Waals surface area (Å²) in [6.45, 7) is 6.28. The van der Waals surface area contributed by atoms with E-state index in [4.69, 9.17) is 11.6 Å². The van der Waals surface area contributed by atoms with Crippen LogP contribution in [0.5, 0.6) is 0 Å². The van der Waals surface area contributed by atoms with E-state index in [1.54, 1.807) is 4.68 Å². The molecule has 0 bridgehead atoms. The SMILES string of the molecule is Cc1nn(C)c(CC(O)c2ccc(CC(C)C)cc2)c1Cl. The Bertz CT molecular complexity index is 602. The highest BCUT2D eigenvalue weighted by Gasteiger charge is 2.16. The Morgan fingerprint density at radius 2 is 1.81 bits per heavy atom. The van der Waals surface area contributed by atoms with E-state index in [1.165, 1.54) is 5.56 Å². The molecule has 1 atom stereocenters. The number of halogens is 1. The van der Waals surface area contributed by atoms with E-state index in [1.807, 2.05) is 26.1 Å². The molecule has 0 aliphatic heterocycles. The number of aromatic nitrogens is 2. The fourth-order valence-corrected chi connectivity index (χ4v) is 2.79. The Labute approximate surface area is 131 Å². The van der Waals surface area contributed by atoms with Crippen LogP contribution in [0.15, 0.2) is 24.3 Å². The van der Waals surface area contributed by atoms with E-state index >= 15 is 0 Å². The maximum absolute atomic E-state index is 10.4. The molecule has 0 fully saturated rings. The van der Waals surface area contributed by atoms with Gasteiger partial charge < -0.3 is 5.11 Å². The van der Waals surface area contributed by atoms with Gasteiger partial charge in [-0.1, -0.05) is 49.7 Å². The molecule has 4 heteroatoms. The summed E-state index contributed by atoms with van der Waals surface area (Å²) in [6.07, 6.45) is 0.966. The standard InChI is InChI=1S/C17H23ClN2O/c1-11(2)9-13-5-7-14(8-6-13)16(21)10-15-17(18)12(3)19-20(15)4/h5-8,11,16,21H,9-10H2,1-4H3. The average Bonchev–Trinajstić information content (AvgIpc) is 2.65. The topological polar surface area (TPSA) is 38.0 Å². The molecule has 1 unspecified atom stereocenters. The zero-order valence-electron chi connectivity index (χ0n) is 13.1. The van der Waals surface area contributed by atoms with Gasteiger partial charge in [0, 0.05) is 13.5 Å². The van der Waals surface area contributed by atoms with E-state index in [2.05, 4.69) is 31.1 Å². The molecule has 0 aliphatic carbocycles. The van der Waals surface area contributed by atoms with Crippen LogP contribution in [0.4, 0.5) is 0 Å². The zero-order valence-corrected chi connectivity index (χ0v) is 13.9. The van der Waals surface area contributed by atoms with Gasteiger partial charge in [0.05, 0.1) is 22.5 Å². The number of nitrogens with zero attached hydrogens (tertiary/aromatic N) is 2. The highest BCUT2D eigenvalue weighted by Crippen LogP contribution is 2.26. The summed E-state index contributed by atoms with van der Waals surface area (Å²) in [7, 11) is 1.85. The van der Waals surface area contributed by atoms with Gasteiger partial charge in [0.25, 0.3) is 0 Å². The van der Waals surface area contributed by atoms with Crippen LogP contribution >= 0.6 is 11.6 Å². The second-order valence-electron chi connectivity index (χ2n) is 6.03. The summed E-state index contributed by atoms with van der Waals surface area (Å²) >= 11 is 6.23. The zero-order chi connectivity index (χ0) is 15.6. The van der Waals surface area contributed by atoms with E-state index in [-0.39, 0.29) is 0 Å². The minimum Gasteiger partial charge on any atom is -0.388 e. The second kappa shape index (κ2) is 6.63. The lowest BCUT2D eigenvalue weighted by Crippen LogP contribution is -2.07. The first-order chi connectivity index (χ1) is 9.88. The van der Waals surface area contributed by atoms with Crippen LogP contribution in [0.1, 0.15) is 42.5 Å². The first-order valence-electron chi connectivity index (χ1n) is 7.33. The highest BCUT2D eigenvalue weighted by atomic mass is 35.5. The van der Waals surface area contributed by atoms with Gasteiger partial charge in [0.2, 0.25) is 0 Å². The predicted molar refractivity (Wildman–Crippen MR) is 86.6 cm³/mol. The van der Waals surface area contributed by atoms with Crippen LogP contribution in [0.3, 0.4) is 0 Å². The van der Waals surface area contributed by atoms with Crippen molar-refractivity contribution in [2.24, 2.45) is 13.0 Å². The Morgan fingerprint density at radius 3 is 2.29 bits per heavy atom. The van der Waals surface area contributed by atoms with E-state index in [9.17, 15) is 5.11 Å². The number of hydrogen-bond donors (Lipinski definition) is 1. The van der Waals surface area contributed by atoms with Gasteiger partial charge in [0.15, 0.2) is 0 Å². The number of rotatable bonds is 5. The van der Waals surface area contributed by atoms with Crippen molar-refractivity contribution in [1.82, 2.24) is 9.78 Å². The molecule has 1 aromatic heterocycles. The molecule has 1 aromatic carbocycles. The third kappa shape index (κ3) is 3.86. The Balaban J connectivity index is 2.11. The van der Waals surface area contributed by atoms with Crippen molar-refractivity contribution in [1.29, 1.82) is 0 Å². The minimum absolute atomic E-state index is 0.472. The van der Waals surface area contributed by atoms with E-state index in [0.29, 0.717) is 17.4 Å². The van der Waals surface area contributed by atoms with E-state index in [0.717, 1.165) is 23.4 Å². The van der Waals surface area contributed by atoms with Crippen LogP contribution in [-0.2, 0) is 19.9 Å². The third-order valence-corrected chi connectivity index (χ3v) is 4.15. The molecule has 2 rings (SSSR count). The van der Waals surface area contributed by atoms with Crippen LogP contribution < -0.4 is 0 Å². The van der Waals surface area contributed by atoms with Crippen molar-refractivity contribution < 1.29 is 5.11 Å². The van der Waals surface area contributed by atoms with Crippen molar-refractivity contribution in [2.45, 2.75) is 39.7 Å². The number of aryl methyl sites for hydroxylation is 2. The summed E-state index contributed by atoms with van der Waals surface area (Å²) in [5, 5.41) is 15.3. The van der Waals surface area contributed by atoms with Crippen molar-refractivity contribution in [2.75, 3.05) is 0 Å². The molecular weight excluding hydrogens is 284 g/mol. The molecule has 0 spiro atoms. The molecule has 1 N–H and O–H groups in total. The molecule has 0 saturated heterocycles. The maximum Gasteiger partial charge on any atom is 0.0848 e. The summed E-state index contributed by atoms with van der Waals surface area (Å²) in [5.74, 6) is 0.636. The number of aliphatic hydroxyl groups excluding tert-OH is 1. The van der Waals surface area contributed by atoms with Crippen molar-refractivity contribution in [3.63, 3.8) is 0 Å². The average molecular weight is 307 g/mol. The van der Waals surface area contributed by atoms with Crippen LogP contribution in [0, 0.1) is 12.8 Å². The molecule has 2 aromatic rings.